The molecule has 0 unspecified atom stereocenters. The van der Waals surface area contributed by atoms with Crippen LogP contribution in [0.25, 0.3) is 0 Å². The molecule has 0 aromatic heterocycles. The minimum atomic E-state index is -6.00. The average molecular weight is 462 g/mol. The highest BCUT2D eigenvalue weighted by atomic mass is 19.5. The highest BCUT2D eigenvalue weighted by Gasteiger charge is 2.33. The molecule has 174 valence electrons. The lowest BCUT2D eigenvalue weighted by Crippen LogP contribution is -2.23. The van der Waals surface area contributed by atoms with Gasteiger partial charge in [-0.3, -0.25) is 0 Å². The van der Waals surface area contributed by atoms with Crippen molar-refractivity contribution in [3.63, 3.8) is 0 Å². The minimum Gasteiger partial charge on any atom is -0.418 e. The molecule has 5 rings (SSSR count). The number of hydrogen-bond acceptors (Lipinski definition) is 1. The van der Waals surface area contributed by atoms with Crippen molar-refractivity contribution in [3.8, 4) is 0 Å². The van der Waals surface area contributed by atoms with E-state index in [1.165, 1.54) is 50.4 Å². The summed E-state index contributed by atoms with van der Waals surface area (Å²) < 4.78 is 39.0. The maximum atomic E-state index is 9.75. The summed E-state index contributed by atoms with van der Waals surface area (Å²) in [5.74, 6) is 0.239. The summed E-state index contributed by atoms with van der Waals surface area (Å²) in [7, 11) is -6.00. The average Bonchev–Trinajstić information content (AvgIpc) is 2.77. The summed E-state index contributed by atoms with van der Waals surface area (Å²) in [5.41, 5.74) is 12.0. The maximum absolute atomic E-state index is 9.75. The van der Waals surface area contributed by atoms with E-state index in [4.69, 9.17) is 0 Å². The first-order chi connectivity index (χ1) is 16.1. The van der Waals surface area contributed by atoms with Gasteiger partial charge >= 0.3 is 7.25 Å². The zero-order valence-corrected chi connectivity index (χ0v) is 19.3. The fraction of sp³-hybridized carbons (Fsp3) is 0.143. The second-order valence-electron chi connectivity index (χ2n) is 8.53. The van der Waals surface area contributed by atoms with Gasteiger partial charge in [0.2, 0.25) is 0 Å². The van der Waals surface area contributed by atoms with E-state index in [2.05, 4.69) is 117 Å². The second-order valence-corrected chi connectivity index (χ2v) is 8.53. The van der Waals surface area contributed by atoms with Crippen LogP contribution in [-0.4, -0.2) is 7.25 Å². The standard InChI is InChI=1S/C28H25N.BF4/c1-19-17-20(2)27(21(3)18-19)28-23-13-7-9-15-25(23)29(22-11-5-4-6-12-22)26-16-10-8-14-24(26)28;2-1(3,4)5/h4-18,28H,1-3H3;/q;-1. The van der Waals surface area contributed by atoms with Crippen molar-refractivity contribution >= 4 is 24.3 Å². The Kier molecular flexibility index (Phi) is 6.51. The van der Waals surface area contributed by atoms with Gasteiger partial charge < -0.3 is 22.2 Å². The van der Waals surface area contributed by atoms with Crippen LogP contribution in [0.5, 0.6) is 0 Å². The van der Waals surface area contributed by atoms with Crippen LogP contribution in [0.3, 0.4) is 0 Å². The Bertz CT molecular complexity index is 1220. The molecule has 0 saturated carbocycles. The van der Waals surface area contributed by atoms with Crippen molar-refractivity contribution < 1.29 is 17.3 Å². The predicted octanol–water partition coefficient (Wildman–Crippen LogP) is 8.88. The molecule has 0 atom stereocenters. The van der Waals surface area contributed by atoms with Gasteiger partial charge in [0.1, 0.15) is 0 Å². The first-order valence-corrected chi connectivity index (χ1v) is 11.1. The summed E-state index contributed by atoms with van der Waals surface area (Å²) in [6.07, 6.45) is 0. The van der Waals surface area contributed by atoms with Crippen LogP contribution in [0.2, 0.25) is 0 Å². The topological polar surface area (TPSA) is 3.24 Å². The molecule has 1 aliphatic rings. The molecule has 0 radical (unpaired) electrons. The van der Waals surface area contributed by atoms with Crippen molar-refractivity contribution in [1.82, 2.24) is 0 Å². The SMILES string of the molecule is Cc1cc(C)c(C2c3ccccc3N(c3ccccc3)c3ccccc32)c(C)c1.F[B-](F)(F)F. The zero-order valence-electron chi connectivity index (χ0n) is 19.3. The molecule has 4 aromatic rings. The summed E-state index contributed by atoms with van der Waals surface area (Å²) in [5, 5.41) is 0. The first kappa shape index (κ1) is 23.6. The van der Waals surface area contributed by atoms with E-state index in [-0.39, 0.29) is 5.92 Å². The number of hydrogen-bond donors (Lipinski definition) is 0. The molecule has 0 amide bonds. The Hall–Kier alpha value is -3.54. The Balaban J connectivity index is 0.000000499. The molecule has 6 heteroatoms. The number of halogens is 4. The van der Waals surface area contributed by atoms with Gasteiger partial charge in [0.15, 0.2) is 0 Å². The molecular weight excluding hydrogens is 437 g/mol. The van der Waals surface area contributed by atoms with Gasteiger partial charge in [-0.1, -0.05) is 72.3 Å². The van der Waals surface area contributed by atoms with Gasteiger partial charge in [0.05, 0.1) is 11.4 Å². The molecule has 0 aliphatic carbocycles. The number of benzene rings is 4. The van der Waals surface area contributed by atoms with Crippen molar-refractivity contribution in [2.24, 2.45) is 0 Å². The van der Waals surface area contributed by atoms with Gasteiger partial charge in [-0.15, -0.1) is 0 Å². The van der Waals surface area contributed by atoms with E-state index in [1.54, 1.807) is 0 Å². The van der Waals surface area contributed by atoms with E-state index in [0.717, 1.165) is 0 Å². The molecule has 1 nitrogen and oxygen atoms in total. The normalized spacial score (nSPS) is 13.0. The minimum absolute atomic E-state index is 0.239. The number of rotatable bonds is 2. The van der Waals surface area contributed by atoms with E-state index in [1.807, 2.05) is 0 Å². The first-order valence-electron chi connectivity index (χ1n) is 11.1. The van der Waals surface area contributed by atoms with E-state index >= 15 is 0 Å². The molecule has 1 heterocycles. The highest BCUT2D eigenvalue weighted by molar-refractivity contribution is 6.50. The number of anilines is 3. The molecule has 0 N–H and O–H groups in total. The number of nitrogens with zero attached hydrogens (tertiary/aromatic N) is 1. The number of fused-ring (bicyclic) bond motifs is 2. The fourth-order valence-corrected chi connectivity index (χ4v) is 4.98. The lowest BCUT2D eigenvalue weighted by molar-refractivity contribution is 0.368. The second kappa shape index (κ2) is 9.37. The third-order valence-electron chi connectivity index (χ3n) is 6.02. The van der Waals surface area contributed by atoms with E-state index < -0.39 is 7.25 Å². The lowest BCUT2D eigenvalue weighted by atomic mass is 9.76. The van der Waals surface area contributed by atoms with Gasteiger partial charge in [-0.2, -0.15) is 0 Å². The van der Waals surface area contributed by atoms with Gasteiger partial charge in [-0.05, 0) is 72.9 Å². The van der Waals surface area contributed by atoms with Crippen LogP contribution in [0.4, 0.5) is 34.3 Å². The highest BCUT2D eigenvalue weighted by Crippen LogP contribution is 2.52. The Morgan fingerprint density at radius 1 is 0.618 bits per heavy atom. The summed E-state index contributed by atoms with van der Waals surface area (Å²) in [6.45, 7) is 6.69. The van der Waals surface area contributed by atoms with Crippen LogP contribution in [0.1, 0.15) is 39.3 Å². The third-order valence-corrected chi connectivity index (χ3v) is 6.02. The van der Waals surface area contributed by atoms with Crippen molar-refractivity contribution in [2.75, 3.05) is 4.90 Å². The zero-order chi connectivity index (χ0) is 24.5. The maximum Gasteiger partial charge on any atom is 0.673 e. The monoisotopic (exact) mass is 462 g/mol. The molecule has 4 aromatic carbocycles. The van der Waals surface area contributed by atoms with Crippen LogP contribution < -0.4 is 4.90 Å². The van der Waals surface area contributed by atoms with Crippen molar-refractivity contribution in [1.29, 1.82) is 0 Å². The Labute approximate surface area is 197 Å². The summed E-state index contributed by atoms with van der Waals surface area (Å²) in [6, 6.07) is 33.0. The van der Waals surface area contributed by atoms with Crippen molar-refractivity contribution in [2.45, 2.75) is 26.7 Å². The Morgan fingerprint density at radius 3 is 1.50 bits per heavy atom. The van der Waals surface area contributed by atoms with Crippen LogP contribution in [0, 0.1) is 20.8 Å². The van der Waals surface area contributed by atoms with Gasteiger partial charge in [0, 0.05) is 11.6 Å². The third kappa shape index (κ3) is 4.86. The van der Waals surface area contributed by atoms with Crippen LogP contribution in [0.15, 0.2) is 91.0 Å². The molecule has 0 spiro atoms. The van der Waals surface area contributed by atoms with Gasteiger partial charge in [0.25, 0.3) is 0 Å². The quantitative estimate of drug-likeness (QED) is 0.187. The Morgan fingerprint density at radius 2 is 1.03 bits per heavy atom. The summed E-state index contributed by atoms with van der Waals surface area (Å²) >= 11 is 0. The van der Waals surface area contributed by atoms with E-state index in [9.17, 15) is 17.3 Å². The summed E-state index contributed by atoms with van der Waals surface area (Å²) in [4.78, 5) is 2.40. The predicted molar refractivity (Wildman–Crippen MR) is 133 cm³/mol. The molecular formula is C28H25BF4N-. The van der Waals surface area contributed by atoms with E-state index in [0.29, 0.717) is 0 Å². The molecule has 34 heavy (non-hydrogen) atoms. The van der Waals surface area contributed by atoms with Gasteiger partial charge in [-0.25, -0.2) is 0 Å². The van der Waals surface area contributed by atoms with Crippen molar-refractivity contribution in [3.05, 3.63) is 124 Å². The number of para-hydroxylation sites is 3. The fourth-order valence-electron chi connectivity index (χ4n) is 4.98. The molecule has 0 saturated heterocycles. The van der Waals surface area contributed by atoms with Crippen LogP contribution in [-0.2, 0) is 0 Å². The largest absolute Gasteiger partial charge is 0.673 e. The molecule has 1 aliphatic heterocycles. The molecule has 0 fully saturated rings. The van der Waals surface area contributed by atoms with Crippen LogP contribution >= 0.6 is 0 Å². The lowest BCUT2D eigenvalue weighted by Gasteiger charge is -2.39. The number of aryl methyl sites for hydroxylation is 3. The molecule has 0 bridgehead atoms. The smallest absolute Gasteiger partial charge is 0.418 e.